The molecule has 3 N–H and O–H groups in total. The molecule has 0 spiro atoms. The Morgan fingerprint density at radius 1 is 0.917 bits per heavy atom. The van der Waals surface area contributed by atoms with E-state index >= 15 is 0 Å². The number of hydrogen-bond acceptors (Lipinski definition) is 12. The lowest BCUT2D eigenvalue weighted by atomic mass is 9.92. The molecule has 1 unspecified atom stereocenters. The molecule has 330 valence electrons. The van der Waals surface area contributed by atoms with Gasteiger partial charge in [0.25, 0.3) is 0 Å². The van der Waals surface area contributed by atoms with Crippen molar-refractivity contribution in [3.05, 3.63) is 59.3 Å². The summed E-state index contributed by atoms with van der Waals surface area (Å²) >= 11 is 0. The quantitative estimate of drug-likeness (QED) is 0.0518. The Morgan fingerprint density at radius 3 is 2.17 bits per heavy atom. The van der Waals surface area contributed by atoms with Crippen molar-refractivity contribution in [1.82, 2.24) is 14.6 Å². The van der Waals surface area contributed by atoms with E-state index in [-0.39, 0.29) is 24.6 Å². The van der Waals surface area contributed by atoms with Crippen LogP contribution in [-0.2, 0) is 44.8 Å². The Bertz CT molecular complexity index is 1940. The number of unbranched alkanes of at least 4 members (excludes halogenated alkanes) is 16. The standard InChI is InChI=1S/C44H64FN6O8P/c1-4-5-6-7-8-9-10-11-12-13-14-15-16-17-18-19-20-21-36(54-28-34-24-33(27-46)25-35(45)26-34)29-55-60(52,53)56-30-38-40-41(59-43(2,3)58-40)44(31-47,57-38)39-23-22-37-42(48)49-32-50-51(37)39/h22-26,32,36,38,40-41H,4-21,28-30H2,1-3H3,(H,52,53)(H2,48,49,50)/t36-,38-,40-,41-,44+/m1/s1. The molecule has 2 fully saturated rings. The number of nitriles is 2. The first-order chi connectivity index (χ1) is 28.9. The van der Waals surface area contributed by atoms with E-state index in [1.807, 2.05) is 6.07 Å². The Labute approximate surface area is 354 Å². The zero-order valence-corrected chi connectivity index (χ0v) is 36.5. The number of nitrogens with zero attached hydrogens (tertiary/aromatic N) is 5. The van der Waals surface area contributed by atoms with Crippen LogP contribution in [0.15, 0.2) is 36.7 Å². The lowest BCUT2D eigenvalue weighted by Gasteiger charge is -2.29. The summed E-state index contributed by atoms with van der Waals surface area (Å²) in [4.78, 5) is 14.9. The van der Waals surface area contributed by atoms with E-state index in [0.29, 0.717) is 23.2 Å². The van der Waals surface area contributed by atoms with Crippen LogP contribution in [0.4, 0.5) is 10.2 Å². The molecular formula is C44H64FN6O8P. The van der Waals surface area contributed by atoms with Gasteiger partial charge in [0.05, 0.1) is 43.3 Å². The zero-order valence-electron chi connectivity index (χ0n) is 35.6. The van der Waals surface area contributed by atoms with Gasteiger partial charge >= 0.3 is 7.82 Å². The topological polar surface area (TPSA) is 196 Å². The molecule has 2 aliphatic heterocycles. The van der Waals surface area contributed by atoms with Gasteiger partial charge in [0.2, 0.25) is 5.60 Å². The van der Waals surface area contributed by atoms with E-state index in [4.69, 9.17) is 33.7 Å². The van der Waals surface area contributed by atoms with Gasteiger partial charge in [-0.15, -0.1) is 0 Å². The number of aromatic nitrogens is 3. The van der Waals surface area contributed by atoms with Gasteiger partial charge in [-0.3, -0.25) is 9.05 Å². The SMILES string of the molecule is CCCCCCCCCCCCCCCCCCC[C@H](COP(=O)(O)OC[C@H]1O[C@@](C#N)(c2ccc3c(N)ncnn23)[C@@H]2OC(C)(C)O[C@@H]21)OCc1cc(F)cc(C#N)c1. The second-order valence-corrected chi connectivity index (χ2v) is 18.0. The molecule has 0 aliphatic carbocycles. The smallest absolute Gasteiger partial charge is 0.382 e. The third kappa shape index (κ3) is 13.5. The van der Waals surface area contributed by atoms with Crippen LogP contribution in [-0.4, -0.2) is 62.9 Å². The van der Waals surface area contributed by atoms with Crippen molar-refractivity contribution in [3.63, 3.8) is 0 Å². The number of anilines is 1. The third-order valence-corrected chi connectivity index (χ3v) is 12.2. The van der Waals surface area contributed by atoms with Crippen LogP contribution in [0, 0.1) is 28.5 Å². The summed E-state index contributed by atoms with van der Waals surface area (Å²) in [5.41, 5.74) is 5.72. The van der Waals surface area contributed by atoms with Gasteiger partial charge in [-0.2, -0.15) is 15.6 Å². The van der Waals surface area contributed by atoms with E-state index in [1.54, 1.807) is 32.0 Å². The average Bonchev–Trinajstić information content (AvgIpc) is 3.89. The maximum absolute atomic E-state index is 14.2. The molecule has 0 radical (unpaired) electrons. The first kappa shape index (κ1) is 47.5. The van der Waals surface area contributed by atoms with E-state index in [2.05, 4.69) is 23.1 Å². The van der Waals surface area contributed by atoms with Crippen LogP contribution in [0.5, 0.6) is 0 Å². The number of hydrogen-bond donors (Lipinski definition) is 2. The predicted octanol–water partition coefficient (Wildman–Crippen LogP) is 9.72. The molecule has 0 amide bonds. The highest BCUT2D eigenvalue weighted by Gasteiger charge is 2.65. The van der Waals surface area contributed by atoms with E-state index in [1.165, 1.54) is 100 Å². The third-order valence-electron chi connectivity index (χ3n) is 11.3. The number of halogens is 1. The first-order valence-corrected chi connectivity index (χ1v) is 23.4. The maximum Gasteiger partial charge on any atom is 0.472 e. The molecular weight excluding hydrogens is 790 g/mol. The highest BCUT2D eigenvalue weighted by Crippen LogP contribution is 2.51. The van der Waals surface area contributed by atoms with Crippen LogP contribution in [0.1, 0.15) is 153 Å². The van der Waals surface area contributed by atoms with Crippen LogP contribution in [0.3, 0.4) is 0 Å². The Hall–Kier alpha value is -3.50. The van der Waals surface area contributed by atoms with Crippen molar-refractivity contribution < 1.29 is 41.8 Å². The van der Waals surface area contributed by atoms with Gasteiger partial charge in [0.15, 0.2) is 11.6 Å². The van der Waals surface area contributed by atoms with Crippen LogP contribution in [0.2, 0.25) is 0 Å². The summed E-state index contributed by atoms with van der Waals surface area (Å²) in [6.45, 7) is 4.88. The number of rotatable bonds is 28. The molecule has 4 heterocycles. The van der Waals surface area contributed by atoms with Crippen molar-refractivity contribution in [3.8, 4) is 12.1 Å². The van der Waals surface area contributed by atoms with Crippen LogP contribution in [0.25, 0.3) is 5.52 Å². The molecule has 1 aromatic carbocycles. The lowest BCUT2D eigenvalue weighted by molar-refractivity contribution is -0.204. The number of phosphoric ester groups is 1. The molecule has 3 aromatic rings. The fourth-order valence-electron chi connectivity index (χ4n) is 8.17. The van der Waals surface area contributed by atoms with Crippen LogP contribution >= 0.6 is 7.82 Å². The van der Waals surface area contributed by atoms with Crippen molar-refractivity contribution in [2.24, 2.45) is 0 Å². The summed E-state index contributed by atoms with van der Waals surface area (Å²) in [5, 5.41) is 24.2. The molecule has 5 rings (SSSR count). The van der Waals surface area contributed by atoms with Crippen molar-refractivity contribution in [2.75, 3.05) is 18.9 Å². The minimum absolute atomic E-state index is 0.0245. The summed E-state index contributed by atoms with van der Waals surface area (Å²) in [6.07, 6.45) is 19.5. The largest absolute Gasteiger partial charge is 0.472 e. The Balaban J connectivity index is 1.09. The first-order valence-electron chi connectivity index (χ1n) is 21.9. The number of nitrogens with two attached hydrogens (primary N) is 1. The van der Waals surface area contributed by atoms with Gasteiger partial charge in [-0.1, -0.05) is 116 Å². The van der Waals surface area contributed by atoms with Gasteiger partial charge in [0.1, 0.15) is 42.0 Å². The average molecular weight is 855 g/mol. The number of benzene rings is 1. The van der Waals surface area contributed by atoms with Gasteiger partial charge < -0.3 is 29.6 Å². The Morgan fingerprint density at radius 2 is 1.55 bits per heavy atom. The fourth-order valence-corrected chi connectivity index (χ4v) is 8.94. The number of nitrogen functional groups attached to an aromatic ring is 1. The number of phosphoric acid groups is 1. The molecule has 0 saturated carbocycles. The highest BCUT2D eigenvalue weighted by molar-refractivity contribution is 7.47. The van der Waals surface area contributed by atoms with Crippen molar-refractivity contribution in [1.29, 1.82) is 10.5 Å². The maximum atomic E-state index is 14.2. The summed E-state index contributed by atoms with van der Waals surface area (Å²) in [6, 6.07) is 11.5. The second-order valence-electron chi connectivity index (χ2n) is 16.6. The van der Waals surface area contributed by atoms with E-state index < -0.39 is 56.1 Å². The lowest BCUT2D eigenvalue weighted by Crippen LogP contribution is -2.40. The Kier molecular flexibility index (Phi) is 18.3. The molecule has 2 aromatic heterocycles. The van der Waals surface area contributed by atoms with Gasteiger partial charge in [-0.05, 0) is 56.2 Å². The monoisotopic (exact) mass is 854 g/mol. The second kappa shape index (κ2) is 23.1. The molecule has 2 saturated heterocycles. The highest BCUT2D eigenvalue weighted by atomic mass is 31.2. The molecule has 60 heavy (non-hydrogen) atoms. The fraction of sp³-hybridized carbons (Fsp3) is 0.682. The normalized spacial score (nSPS) is 22.4. The minimum Gasteiger partial charge on any atom is -0.382 e. The molecule has 2 aliphatic rings. The van der Waals surface area contributed by atoms with E-state index in [0.717, 1.165) is 31.7 Å². The molecule has 16 heteroatoms. The van der Waals surface area contributed by atoms with E-state index in [9.17, 15) is 24.4 Å². The molecule has 6 atom stereocenters. The molecule has 14 nitrogen and oxygen atoms in total. The van der Waals surface area contributed by atoms with Gasteiger partial charge in [-0.25, -0.2) is 18.5 Å². The summed E-state index contributed by atoms with van der Waals surface area (Å²) in [5.74, 6) is -1.45. The molecule has 0 bridgehead atoms. The zero-order chi connectivity index (χ0) is 43.0. The predicted molar refractivity (Wildman–Crippen MR) is 224 cm³/mol. The number of fused-ring (bicyclic) bond motifs is 2. The number of ether oxygens (including phenoxy) is 4. The van der Waals surface area contributed by atoms with Crippen molar-refractivity contribution in [2.45, 2.75) is 179 Å². The summed E-state index contributed by atoms with van der Waals surface area (Å²) in [7, 11) is -4.70. The van der Waals surface area contributed by atoms with Crippen molar-refractivity contribution >= 4 is 19.2 Å². The van der Waals surface area contributed by atoms with Gasteiger partial charge in [0, 0.05) is 0 Å². The van der Waals surface area contributed by atoms with Crippen LogP contribution < -0.4 is 5.73 Å². The summed E-state index contributed by atoms with van der Waals surface area (Å²) < 4.78 is 64.6. The minimum atomic E-state index is -4.70.